The molecule has 0 saturated carbocycles. The first-order valence-electron chi connectivity index (χ1n) is 14.2. The summed E-state index contributed by atoms with van der Waals surface area (Å²) in [6.45, 7) is 4.13. The molecule has 2 saturated heterocycles. The summed E-state index contributed by atoms with van der Waals surface area (Å²) >= 11 is 0. The Morgan fingerprint density at radius 1 is 0.900 bits per heavy atom. The molecule has 3 aromatic rings. The molecule has 2 fully saturated rings. The molecule has 1 aromatic heterocycles. The molecule has 1 N–H and O–H groups in total. The van der Waals surface area contributed by atoms with Gasteiger partial charge in [0.25, 0.3) is 0 Å². The van der Waals surface area contributed by atoms with Gasteiger partial charge in [0, 0.05) is 31.2 Å². The Kier molecular flexibility index (Phi) is 9.52. The number of ether oxygens (including phenoxy) is 5. The molecule has 0 aliphatic carbocycles. The van der Waals surface area contributed by atoms with Crippen molar-refractivity contribution in [3.8, 4) is 23.0 Å². The van der Waals surface area contributed by atoms with Gasteiger partial charge in [-0.3, -0.25) is 4.79 Å². The summed E-state index contributed by atoms with van der Waals surface area (Å²) < 4.78 is 30.6. The summed E-state index contributed by atoms with van der Waals surface area (Å²) in [5, 5.41) is 9.47. The fourth-order valence-electron chi connectivity index (χ4n) is 5.00. The molecule has 4 unspecified atom stereocenters. The molecule has 8 nitrogen and oxygen atoms in total. The molecular formula is C32H38NO7+. The Morgan fingerprint density at radius 3 is 2.35 bits per heavy atom. The third kappa shape index (κ3) is 7.31. The van der Waals surface area contributed by atoms with Crippen LogP contribution in [0.5, 0.6) is 23.0 Å². The van der Waals surface area contributed by atoms with Crippen molar-refractivity contribution >= 4 is 5.78 Å². The maximum Gasteiger partial charge on any atom is 0.311 e. The lowest BCUT2D eigenvalue weighted by atomic mass is 9.94. The molecule has 4 heterocycles. The molecular weight excluding hydrogens is 510 g/mol. The van der Waals surface area contributed by atoms with Gasteiger partial charge in [0.15, 0.2) is 24.5 Å². The van der Waals surface area contributed by atoms with Gasteiger partial charge in [-0.15, -0.1) is 0 Å². The molecule has 8 heteroatoms. The standard InChI is InChI=1S/C20H21NO5.C12H16O2/c1-13-19(23)16-6-5-15(25-18-4-2-3-11-24-18)12-17(16)26-20(13)21-9-7-14(22)8-10-21;1-2-6-11(7-3-1)14-10-12-8-4-5-9-13-12/h5-10,12-13,18,20H,2-4,11H2,1H3;1-3,6-7,12H,4-5,8-10H2/p+1. The molecule has 6 rings (SSSR count). The smallest absolute Gasteiger partial charge is 0.311 e. The second-order valence-corrected chi connectivity index (χ2v) is 10.3. The van der Waals surface area contributed by atoms with Gasteiger partial charge >= 0.3 is 6.23 Å². The van der Waals surface area contributed by atoms with Crippen molar-refractivity contribution in [2.75, 3.05) is 19.8 Å². The monoisotopic (exact) mass is 548 g/mol. The first-order chi connectivity index (χ1) is 19.6. The summed E-state index contributed by atoms with van der Waals surface area (Å²) in [6, 6.07) is 18.3. The van der Waals surface area contributed by atoms with Gasteiger partial charge in [-0.05, 0) is 63.3 Å². The van der Waals surface area contributed by atoms with Crippen molar-refractivity contribution in [2.45, 2.75) is 64.1 Å². The maximum atomic E-state index is 12.8. The topological polar surface area (TPSA) is 87.3 Å². The van der Waals surface area contributed by atoms with Crippen molar-refractivity contribution < 1.29 is 38.2 Å². The van der Waals surface area contributed by atoms with Gasteiger partial charge < -0.3 is 28.8 Å². The van der Waals surface area contributed by atoms with Gasteiger partial charge in [-0.1, -0.05) is 18.2 Å². The summed E-state index contributed by atoms with van der Waals surface area (Å²) in [7, 11) is 0. The van der Waals surface area contributed by atoms with Crippen LogP contribution in [0.2, 0.25) is 0 Å². The van der Waals surface area contributed by atoms with Crippen LogP contribution in [0, 0.1) is 5.92 Å². The van der Waals surface area contributed by atoms with Crippen molar-refractivity contribution in [1.82, 2.24) is 0 Å². The number of rotatable bonds is 6. The highest BCUT2D eigenvalue weighted by Crippen LogP contribution is 2.36. The minimum Gasteiger partial charge on any atom is -0.507 e. The van der Waals surface area contributed by atoms with Crippen LogP contribution in [0.1, 0.15) is 62.0 Å². The second-order valence-electron chi connectivity index (χ2n) is 10.3. The van der Waals surface area contributed by atoms with Gasteiger partial charge in [-0.25, -0.2) is 0 Å². The van der Waals surface area contributed by atoms with Gasteiger partial charge in [0.1, 0.15) is 35.5 Å². The molecule has 2 aromatic carbocycles. The van der Waals surface area contributed by atoms with E-state index in [1.807, 2.05) is 37.3 Å². The molecule has 212 valence electrons. The second kappa shape index (κ2) is 13.6. The largest absolute Gasteiger partial charge is 0.507 e. The first-order valence-corrected chi connectivity index (χ1v) is 14.2. The molecule has 3 aliphatic heterocycles. The number of benzene rings is 2. The summed E-state index contributed by atoms with van der Waals surface area (Å²) in [5.74, 6) is 1.92. The Morgan fingerprint density at radius 2 is 1.65 bits per heavy atom. The molecule has 0 bridgehead atoms. The number of para-hydroxylation sites is 1. The highest BCUT2D eigenvalue weighted by Gasteiger charge is 2.40. The lowest BCUT2D eigenvalue weighted by Gasteiger charge is -2.27. The number of pyridine rings is 1. The number of aromatic nitrogens is 1. The minimum absolute atomic E-state index is 0.0253. The first kappa shape index (κ1) is 27.9. The van der Waals surface area contributed by atoms with E-state index in [2.05, 4.69) is 0 Å². The van der Waals surface area contributed by atoms with Crippen LogP contribution in [0.25, 0.3) is 0 Å². The fourth-order valence-corrected chi connectivity index (χ4v) is 5.00. The summed E-state index contributed by atoms with van der Waals surface area (Å²) in [6.07, 6.45) is 9.57. The van der Waals surface area contributed by atoms with Crippen LogP contribution in [-0.2, 0) is 9.47 Å². The Hall–Kier alpha value is -3.62. The fraction of sp³-hybridized carbons (Fsp3) is 0.438. The van der Waals surface area contributed by atoms with Crippen molar-refractivity contribution in [2.24, 2.45) is 5.92 Å². The number of carbonyl (C=O) groups is 1. The van der Waals surface area contributed by atoms with Gasteiger partial charge in [0.05, 0.1) is 18.3 Å². The van der Waals surface area contributed by atoms with Gasteiger partial charge in [-0.2, -0.15) is 4.57 Å². The lowest BCUT2D eigenvalue weighted by molar-refractivity contribution is -0.759. The predicted octanol–water partition coefficient (Wildman–Crippen LogP) is 5.63. The maximum absolute atomic E-state index is 12.8. The number of hydrogen-bond acceptors (Lipinski definition) is 7. The number of fused-ring (bicyclic) bond motifs is 1. The van der Waals surface area contributed by atoms with Crippen molar-refractivity contribution in [3.05, 3.63) is 78.6 Å². The quantitative estimate of drug-likeness (QED) is 0.400. The zero-order valence-corrected chi connectivity index (χ0v) is 22.9. The molecule has 40 heavy (non-hydrogen) atoms. The SMILES string of the molecule is CC1C(=O)c2ccc(OC3CCCCO3)cc2OC1[n+]1ccc(O)cc1.c1ccc(OCC2CCCCO2)cc1. The van der Waals surface area contributed by atoms with Crippen molar-refractivity contribution in [3.63, 3.8) is 0 Å². The zero-order chi connectivity index (χ0) is 27.7. The van der Waals surface area contributed by atoms with Crippen LogP contribution in [-0.4, -0.2) is 43.1 Å². The van der Waals surface area contributed by atoms with E-state index in [-0.39, 0.29) is 23.7 Å². The van der Waals surface area contributed by atoms with Crippen LogP contribution in [0.4, 0.5) is 0 Å². The summed E-state index contributed by atoms with van der Waals surface area (Å²) in [5.41, 5.74) is 0.560. The van der Waals surface area contributed by atoms with Gasteiger partial charge in [0.2, 0.25) is 0 Å². The Bertz CT molecular complexity index is 1220. The average molecular weight is 549 g/mol. The van der Waals surface area contributed by atoms with E-state index < -0.39 is 6.23 Å². The van der Waals surface area contributed by atoms with E-state index in [9.17, 15) is 9.90 Å². The molecule has 0 spiro atoms. The highest BCUT2D eigenvalue weighted by molar-refractivity contribution is 6.01. The number of aromatic hydroxyl groups is 1. The highest BCUT2D eigenvalue weighted by atomic mass is 16.7. The van der Waals surface area contributed by atoms with Crippen molar-refractivity contribution in [1.29, 1.82) is 0 Å². The number of nitrogens with zero attached hydrogens (tertiary/aromatic N) is 1. The van der Waals surface area contributed by atoms with E-state index in [0.29, 0.717) is 36.4 Å². The van der Waals surface area contributed by atoms with Crippen LogP contribution in [0.15, 0.2) is 73.1 Å². The van der Waals surface area contributed by atoms with E-state index in [0.717, 1.165) is 38.0 Å². The molecule has 3 aliphatic rings. The molecule has 0 amide bonds. The lowest BCUT2D eigenvalue weighted by Crippen LogP contribution is -2.49. The Labute approximate surface area is 235 Å². The minimum atomic E-state index is -0.475. The molecule has 0 radical (unpaired) electrons. The average Bonchev–Trinajstić information content (AvgIpc) is 3.00. The molecule has 4 atom stereocenters. The van der Waals surface area contributed by atoms with E-state index in [4.69, 9.17) is 23.7 Å². The normalized spacial score (nSPS) is 24.1. The Balaban J connectivity index is 0.000000194. The third-order valence-corrected chi connectivity index (χ3v) is 7.29. The number of carbonyl (C=O) groups excluding carboxylic acids is 1. The zero-order valence-electron chi connectivity index (χ0n) is 22.9. The van der Waals surface area contributed by atoms with E-state index in [1.165, 1.54) is 12.8 Å². The van der Waals surface area contributed by atoms with Crippen LogP contribution >= 0.6 is 0 Å². The third-order valence-electron chi connectivity index (χ3n) is 7.29. The number of ketones is 1. The van der Waals surface area contributed by atoms with E-state index >= 15 is 0 Å². The number of hydrogen-bond donors (Lipinski definition) is 1. The number of Topliss-reactive ketones (excluding diaryl/α,β-unsaturated/α-hetero) is 1. The van der Waals surface area contributed by atoms with Crippen LogP contribution < -0.4 is 18.8 Å². The van der Waals surface area contributed by atoms with E-state index in [1.54, 1.807) is 47.3 Å². The van der Waals surface area contributed by atoms with Crippen LogP contribution in [0.3, 0.4) is 0 Å². The predicted molar refractivity (Wildman–Crippen MR) is 148 cm³/mol. The summed E-state index contributed by atoms with van der Waals surface area (Å²) in [4.78, 5) is 12.8.